The largest absolute Gasteiger partial charge is 0.493 e. The SMILES string of the molecule is CCc1ccc(C2=NN=C/C2=C\c2sc(=O)[nH]c2O)cc1. The molecule has 0 atom stereocenters. The average Bonchev–Trinajstić information content (AvgIpc) is 3.06. The van der Waals surface area contributed by atoms with Crippen molar-refractivity contribution in [1.82, 2.24) is 4.98 Å². The number of nitrogens with one attached hydrogen (secondary N) is 1. The van der Waals surface area contributed by atoms with E-state index in [1.165, 1.54) is 5.56 Å². The van der Waals surface area contributed by atoms with Crippen molar-refractivity contribution in [3.8, 4) is 5.88 Å². The fourth-order valence-electron chi connectivity index (χ4n) is 2.07. The van der Waals surface area contributed by atoms with Crippen molar-refractivity contribution in [3.05, 3.63) is 55.5 Å². The Morgan fingerprint density at radius 1 is 1.33 bits per heavy atom. The number of aromatic nitrogens is 1. The lowest BCUT2D eigenvalue weighted by atomic mass is 10.0. The molecule has 0 radical (unpaired) electrons. The van der Waals surface area contributed by atoms with Gasteiger partial charge in [0.1, 0.15) is 5.71 Å². The van der Waals surface area contributed by atoms with E-state index in [2.05, 4.69) is 34.2 Å². The van der Waals surface area contributed by atoms with E-state index in [0.717, 1.165) is 34.6 Å². The first kappa shape index (κ1) is 13.5. The highest BCUT2D eigenvalue weighted by Crippen LogP contribution is 2.23. The van der Waals surface area contributed by atoms with Crippen molar-refractivity contribution < 1.29 is 5.11 Å². The van der Waals surface area contributed by atoms with E-state index in [4.69, 9.17) is 0 Å². The van der Waals surface area contributed by atoms with Crippen LogP contribution in [0, 0.1) is 0 Å². The van der Waals surface area contributed by atoms with Gasteiger partial charge in [-0.2, -0.15) is 5.10 Å². The lowest BCUT2D eigenvalue weighted by Crippen LogP contribution is -2.02. The second-order valence-electron chi connectivity index (χ2n) is 4.57. The first-order chi connectivity index (χ1) is 10.2. The van der Waals surface area contributed by atoms with Gasteiger partial charge >= 0.3 is 4.87 Å². The first-order valence-corrected chi connectivity index (χ1v) is 7.33. The maximum atomic E-state index is 11.2. The summed E-state index contributed by atoms with van der Waals surface area (Å²) >= 11 is 0.950. The number of benzene rings is 1. The van der Waals surface area contributed by atoms with Gasteiger partial charge in [0, 0.05) is 11.1 Å². The summed E-state index contributed by atoms with van der Waals surface area (Å²) in [4.78, 5) is 13.7. The zero-order chi connectivity index (χ0) is 14.8. The highest BCUT2D eigenvalue weighted by atomic mass is 32.1. The number of hydrogen-bond acceptors (Lipinski definition) is 5. The summed E-state index contributed by atoms with van der Waals surface area (Å²) in [6.45, 7) is 2.10. The van der Waals surface area contributed by atoms with Gasteiger partial charge in [-0.25, -0.2) is 0 Å². The molecular weight excluding hydrogens is 286 g/mol. The molecule has 106 valence electrons. The fraction of sp³-hybridized carbons (Fsp3) is 0.133. The van der Waals surface area contributed by atoms with Crippen molar-refractivity contribution in [3.63, 3.8) is 0 Å². The monoisotopic (exact) mass is 299 g/mol. The number of H-pyrrole nitrogens is 1. The van der Waals surface area contributed by atoms with Crippen LogP contribution in [0.1, 0.15) is 22.9 Å². The van der Waals surface area contributed by atoms with Crippen LogP contribution in [-0.4, -0.2) is 22.0 Å². The summed E-state index contributed by atoms with van der Waals surface area (Å²) in [5.74, 6) is -0.126. The minimum atomic E-state index is -0.292. The molecule has 3 rings (SSSR count). The normalized spacial score (nSPS) is 15.7. The van der Waals surface area contributed by atoms with E-state index in [0.29, 0.717) is 4.88 Å². The Balaban J connectivity index is 1.96. The molecule has 2 N–H and O–H groups in total. The average molecular weight is 299 g/mol. The number of thiazole rings is 1. The Hall–Kier alpha value is -2.47. The molecule has 1 aliphatic rings. The molecule has 0 saturated heterocycles. The van der Waals surface area contributed by atoms with E-state index >= 15 is 0 Å². The molecular formula is C15H13N3O2S. The summed E-state index contributed by atoms with van der Waals surface area (Å²) in [6.07, 6.45) is 4.31. The highest BCUT2D eigenvalue weighted by molar-refractivity contribution is 7.10. The molecule has 2 heterocycles. The lowest BCUT2D eigenvalue weighted by molar-refractivity contribution is 0.455. The summed E-state index contributed by atoms with van der Waals surface area (Å²) in [7, 11) is 0. The number of aromatic hydroxyl groups is 1. The van der Waals surface area contributed by atoms with Crippen molar-refractivity contribution in [2.75, 3.05) is 0 Å². The highest BCUT2D eigenvalue weighted by Gasteiger charge is 2.15. The number of allylic oxidation sites excluding steroid dienone is 1. The number of aromatic amines is 1. The number of hydrogen-bond donors (Lipinski definition) is 2. The van der Waals surface area contributed by atoms with Crippen LogP contribution in [0.5, 0.6) is 5.88 Å². The fourth-order valence-corrected chi connectivity index (χ4v) is 2.75. The molecule has 1 aromatic heterocycles. The van der Waals surface area contributed by atoms with Crippen LogP contribution in [-0.2, 0) is 6.42 Å². The van der Waals surface area contributed by atoms with Gasteiger partial charge in [-0.3, -0.25) is 9.78 Å². The Bertz CT molecular complexity index is 810. The van der Waals surface area contributed by atoms with Gasteiger partial charge in [0.25, 0.3) is 0 Å². The van der Waals surface area contributed by atoms with Crippen molar-refractivity contribution in [2.24, 2.45) is 10.2 Å². The van der Waals surface area contributed by atoms with Gasteiger partial charge < -0.3 is 5.11 Å². The molecule has 0 fully saturated rings. The Labute approximate surface area is 125 Å². The molecule has 0 bridgehead atoms. The third-order valence-corrected chi connectivity index (χ3v) is 4.03. The predicted molar refractivity (Wildman–Crippen MR) is 85.4 cm³/mol. The molecule has 0 amide bonds. The lowest BCUT2D eigenvalue weighted by Gasteiger charge is -2.03. The summed E-state index contributed by atoms with van der Waals surface area (Å²) in [5.41, 5.74) is 3.71. The third kappa shape index (κ3) is 2.71. The zero-order valence-corrected chi connectivity index (χ0v) is 12.1. The quantitative estimate of drug-likeness (QED) is 0.913. The smallest absolute Gasteiger partial charge is 0.307 e. The number of rotatable bonds is 3. The number of nitrogens with zero attached hydrogens (tertiary/aromatic N) is 2. The summed E-state index contributed by atoms with van der Waals surface area (Å²) in [5, 5.41) is 17.7. The van der Waals surface area contributed by atoms with Gasteiger partial charge in [-0.15, -0.1) is 5.10 Å². The third-order valence-electron chi connectivity index (χ3n) is 3.21. The molecule has 21 heavy (non-hydrogen) atoms. The molecule has 2 aromatic rings. The van der Waals surface area contributed by atoms with Crippen LogP contribution < -0.4 is 4.87 Å². The van der Waals surface area contributed by atoms with E-state index in [1.807, 2.05) is 12.1 Å². The van der Waals surface area contributed by atoms with E-state index in [1.54, 1.807) is 12.3 Å². The van der Waals surface area contributed by atoms with E-state index in [9.17, 15) is 9.90 Å². The van der Waals surface area contributed by atoms with Crippen LogP contribution in [0.2, 0.25) is 0 Å². The number of aryl methyl sites for hydroxylation is 1. The minimum absolute atomic E-state index is 0.126. The summed E-state index contributed by atoms with van der Waals surface area (Å²) < 4.78 is 0. The second kappa shape index (κ2) is 5.49. The second-order valence-corrected chi connectivity index (χ2v) is 5.59. The Morgan fingerprint density at radius 3 is 2.71 bits per heavy atom. The van der Waals surface area contributed by atoms with Crippen LogP contribution >= 0.6 is 11.3 Å². The topological polar surface area (TPSA) is 77.8 Å². The van der Waals surface area contributed by atoms with Crippen LogP contribution in [0.15, 0.2) is 44.8 Å². The predicted octanol–water partition coefficient (Wildman–Crippen LogP) is 2.58. The zero-order valence-electron chi connectivity index (χ0n) is 11.3. The first-order valence-electron chi connectivity index (χ1n) is 6.52. The van der Waals surface area contributed by atoms with Gasteiger partial charge in [-0.05, 0) is 18.1 Å². The molecule has 0 saturated carbocycles. The van der Waals surface area contributed by atoms with Crippen LogP contribution in [0.4, 0.5) is 0 Å². The maximum absolute atomic E-state index is 11.2. The molecule has 0 unspecified atom stereocenters. The van der Waals surface area contributed by atoms with Gasteiger partial charge in [0.15, 0.2) is 0 Å². The Kier molecular flexibility index (Phi) is 3.53. The van der Waals surface area contributed by atoms with Crippen LogP contribution in [0.25, 0.3) is 6.08 Å². The standard InChI is InChI=1S/C15H13N3O2S/c1-2-9-3-5-10(6-4-9)13-11(8-16-18-13)7-12-14(19)17-15(20)21-12/h3-8,19H,2H2,1H3,(H,17,20)/b11-7+. The molecule has 6 heteroatoms. The van der Waals surface area contributed by atoms with Crippen molar-refractivity contribution in [1.29, 1.82) is 0 Å². The Morgan fingerprint density at radius 2 is 2.10 bits per heavy atom. The van der Waals surface area contributed by atoms with Crippen LogP contribution in [0.3, 0.4) is 0 Å². The van der Waals surface area contributed by atoms with E-state index < -0.39 is 0 Å². The van der Waals surface area contributed by atoms with E-state index in [-0.39, 0.29) is 10.8 Å². The van der Waals surface area contributed by atoms with Crippen molar-refractivity contribution >= 4 is 29.3 Å². The minimum Gasteiger partial charge on any atom is -0.493 e. The van der Waals surface area contributed by atoms with Crippen molar-refractivity contribution in [2.45, 2.75) is 13.3 Å². The summed E-state index contributed by atoms with van der Waals surface area (Å²) in [6, 6.07) is 8.11. The molecule has 0 aliphatic carbocycles. The van der Waals surface area contributed by atoms with Gasteiger partial charge in [0.05, 0.1) is 11.1 Å². The molecule has 5 nitrogen and oxygen atoms in total. The molecule has 1 aromatic carbocycles. The van der Waals surface area contributed by atoms with Gasteiger partial charge in [-0.1, -0.05) is 42.5 Å². The molecule has 1 aliphatic heterocycles. The van der Waals surface area contributed by atoms with Gasteiger partial charge in [0.2, 0.25) is 5.88 Å². The molecule has 0 spiro atoms. The maximum Gasteiger partial charge on any atom is 0.307 e.